The average Bonchev–Trinajstić information content (AvgIpc) is 3.45. The monoisotopic (exact) mass is 508 g/mol. The lowest BCUT2D eigenvalue weighted by Gasteiger charge is -2.43. The van der Waals surface area contributed by atoms with Crippen LogP contribution in [0.1, 0.15) is 23.5 Å². The van der Waals surface area contributed by atoms with Crippen molar-refractivity contribution >= 4 is 28.5 Å². The van der Waals surface area contributed by atoms with Gasteiger partial charge in [0.15, 0.2) is 10.9 Å². The van der Waals surface area contributed by atoms with E-state index >= 15 is 0 Å². The van der Waals surface area contributed by atoms with Crippen LogP contribution in [-0.4, -0.2) is 64.6 Å². The van der Waals surface area contributed by atoms with Crippen LogP contribution >= 0.6 is 11.3 Å². The standard InChI is InChI=1S/C21H22F2N6O5S/c1-10(7-30)25-19(31)28-20-27-13-5-11-8-32-9-14(17(13)35-20)29(11)21-24-6-15(33-21)12-3-2-4-16(26-12)34-18(22)23/h2-4,6,10-11,14,18,30H,5,7-9H2,1H3,(H2,25,27,28,31)/t10-,11-,14-/m0/s1. The highest BCUT2D eigenvalue weighted by atomic mass is 32.1. The summed E-state index contributed by atoms with van der Waals surface area (Å²) in [6.07, 6.45) is 2.05. The molecule has 2 bridgehead atoms. The summed E-state index contributed by atoms with van der Waals surface area (Å²) < 4.78 is 41.2. The van der Waals surface area contributed by atoms with Crippen LogP contribution in [0.4, 0.5) is 24.7 Å². The van der Waals surface area contributed by atoms with E-state index in [1.807, 2.05) is 4.90 Å². The van der Waals surface area contributed by atoms with E-state index < -0.39 is 12.6 Å². The molecule has 0 spiro atoms. The zero-order valence-corrected chi connectivity index (χ0v) is 19.3. The number of anilines is 2. The van der Waals surface area contributed by atoms with Crippen molar-refractivity contribution in [2.24, 2.45) is 0 Å². The number of rotatable bonds is 7. The Morgan fingerprint density at radius 2 is 2.23 bits per heavy atom. The fraction of sp³-hybridized carbons (Fsp3) is 0.429. The Balaban J connectivity index is 1.37. The Hall–Kier alpha value is -3.36. The molecule has 35 heavy (non-hydrogen) atoms. The fourth-order valence-corrected chi connectivity index (χ4v) is 5.11. The molecule has 3 aromatic heterocycles. The van der Waals surface area contributed by atoms with E-state index in [0.717, 1.165) is 10.6 Å². The Labute approximate surface area is 202 Å². The third-order valence-corrected chi connectivity index (χ3v) is 6.66. The first-order valence-electron chi connectivity index (χ1n) is 10.8. The molecule has 3 N–H and O–H groups in total. The molecule has 0 saturated carbocycles. The Bertz CT molecular complexity index is 1210. The number of hydrogen-bond donors (Lipinski definition) is 3. The van der Waals surface area contributed by atoms with Crippen LogP contribution in [0.15, 0.2) is 28.8 Å². The minimum atomic E-state index is -2.98. The van der Waals surface area contributed by atoms with Crippen LogP contribution in [0, 0.1) is 0 Å². The zero-order chi connectivity index (χ0) is 24.5. The van der Waals surface area contributed by atoms with E-state index in [2.05, 4.69) is 30.3 Å². The average molecular weight is 509 g/mol. The Morgan fingerprint density at radius 1 is 1.37 bits per heavy atom. The predicted molar refractivity (Wildman–Crippen MR) is 121 cm³/mol. The van der Waals surface area contributed by atoms with E-state index in [1.165, 1.54) is 23.6 Å². The summed E-state index contributed by atoms with van der Waals surface area (Å²) in [6.45, 7) is -0.639. The number of thiazole rings is 1. The number of oxazole rings is 1. The van der Waals surface area contributed by atoms with Gasteiger partial charge in [-0.1, -0.05) is 17.4 Å². The minimum Gasteiger partial charge on any atom is -0.422 e. The normalized spacial score (nSPS) is 19.9. The van der Waals surface area contributed by atoms with E-state index in [9.17, 15) is 13.6 Å². The first-order chi connectivity index (χ1) is 16.9. The molecule has 0 unspecified atom stereocenters. The van der Waals surface area contributed by atoms with Gasteiger partial charge in [0.1, 0.15) is 5.69 Å². The van der Waals surface area contributed by atoms with Crippen molar-refractivity contribution in [3.8, 4) is 17.3 Å². The number of hydrogen-bond acceptors (Lipinski definition) is 10. The lowest BCUT2D eigenvalue weighted by atomic mass is 9.97. The molecule has 5 rings (SSSR count). The van der Waals surface area contributed by atoms with Crippen molar-refractivity contribution in [1.82, 2.24) is 20.3 Å². The Morgan fingerprint density at radius 3 is 3.03 bits per heavy atom. The van der Waals surface area contributed by atoms with Crippen molar-refractivity contribution in [2.75, 3.05) is 30.0 Å². The third kappa shape index (κ3) is 4.90. The van der Waals surface area contributed by atoms with E-state index in [4.69, 9.17) is 14.3 Å². The number of morpholine rings is 1. The van der Waals surface area contributed by atoms with Crippen LogP contribution < -0.4 is 20.3 Å². The van der Waals surface area contributed by atoms with Crippen molar-refractivity contribution in [3.63, 3.8) is 0 Å². The van der Waals surface area contributed by atoms with Gasteiger partial charge in [0, 0.05) is 12.5 Å². The van der Waals surface area contributed by atoms with Gasteiger partial charge in [0.25, 0.3) is 6.01 Å². The summed E-state index contributed by atoms with van der Waals surface area (Å²) >= 11 is 1.34. The van der Waals surface area contributed by atoms with E-state index in [1.54, 1.807) is 19.1 Å². The van der Waals surface area contributed by atoms with Gasteiger partial charge in [-0.05, 0) is 13.0 Å². The molecular formula is C21H22F2N6O5S. The fourth-order valence-electron chi connectivity index (χ4n) is 4.04. The molecule has 3 aromatic rings. The molecule has 0 aromatic carbocycles. The number of carbonyl (C=O) groups excluding carboxylic acids is 1. The lowest BCUT2D eigenvalue weighted by molar-refractivity contribution is -0.0527. The minimum absolute atomic E-state index is 0.0904. The molecule has 2 amide bonds. The maximum absolute atomic E-state index is 12.5. The first-order valence-corrected chi connectivity index (χ1v) is 11.6. The number of aliphatic hydroxyl groups is 1. The maximum atomic E-state index is 12.5. The van der Waals surface area contributed by atoms with Crippen LogP contribution in [0.25, 0.3) is 11.5 Å². The molecule has 2 aliphatic heterocycles. The number of halogens is 2. The number of nitrogens with zero attached hydrogens (tertiary/aromatic N) is 4. The van der Waals surface area contributed by atoms with Gasteiger partial charge in [0.2, 0.25) is 5.88 Å². The first kappa shape index (κ1) is 23.4. The molecule has 1 fully saturated rings. The number of urea groups is 1. The lowest BCUT2D eigenvalue weighted by Crippen LogP contribution is -2.51. The molecule has 11 nitrogen and oxygen atoms in total. The smallest absolute Gasteiger partial charge is 0.388 e. The van der Waals surface area contributed by atoms with Crippen LogP contribution in [0.3, 0.4) is 0 Å². The topological polar surface area (TPSA) is 135 Å². The molecule has 2 aliphatic rings. The van der Waals surface area contributed by atoms with Gasteiger partial charge in [-0.15, -0.1) is 0 Å². The number of amides is 2. The summed E-state index contributed by atoms with van der Waals surface area (Å²) in [5, 5.41) is 14.9. The second kappa shape index (κ2) is 9.71. The number of alkyl halides is 2. The molecule has 186 valence electrons. The highest BCUT2D eigenvalue weighted by Crippen LogP contribution is 2.43. The summed E-state index contributed by atoms with van der Waals surface area (Å²) in [5.74, 6) is 0.0938. The van der Waals surface area contributed by atoms with Gasteiger partial charge < -0.3 is 29.2 Å². The van der Waals surface area contributed by atoms with Crippen molar-refractivity contribution in [3.05, 3.63) is 35.0 Å². The third-order valence-electron chi connectivity index (χ3n) is 5.55. The van der Waals surface area contributed by atoms with Gasteiger partial charge in [-0.3, -0.25) is 5.32 Å². The number of aromatic nitrogens is 3. The van der Waals surface area contributed by atoms with Crippen LogP contribution in [0.5, 0.6) is 5.88 Å². The second-order valence-electron chi connectivity index (χ2n) is 8.08. The van der Waals surface area contributed by atoms with Crippen molar-refractivity contribution < 1.29 is 32.6 Å². The molecule has 1 saturated heterocycles. The van der Waals surface area contributed by atoms with Crippen LogP contribution in [0.2, 0.25) is 0 Å². The highest BCUT2D eigenvalue weighted by molar-refractivity contribution is 7.16. The summed E-state index contributed by atoms with van der Waals surface area (Å²) in [4.78, 5) is 28.2. The zero-order valence-electron chi connectivity index (χ0n) is 18.5. The molecular weight excluding hydrogens is 486 g/mol. The summed E-state index contributed by atoms with van der Waals surface area (Å²) in [7, 11) is 0. The van der Waals surface area contributed by atoms with E-state index in [-0.39, 0.29) is 30.6 Å². The molecule has 3 atom stereocenters. The van der Waals surface area contributed by atoms with Gasteiger partial charge in [-0.25, -0.2) is 19.7 Å². The van der Waals surface area contributed by atoms with Gasteiger partial charge in [0.05, 0.1) is 54.7 Å². The quantitative estimate of drug-likeness (QED) is 0.440. The number of fused-ring (bicyclic) bond motifs is 4. The number of carbonyl (C=O) groups is 1. The number of nitrogens with one attached hydrogen (secondary N) is 2. The maximum Gasteiger partial charge on any atom is 0.388 e. The predicted octanol–water partition coefficient (Wildman–Crippen LogP) is 2.80. The number of ether oxygens (including phenoxy) is 2. The number of pyridine rings is 1. The molecule has 0 radical (unpaired) electrons. The summed E-state index contributed by atoms with van der Waals surface area (Å²) in [5.41, 5.74) is 1.19. The van der Waals surface area contributed by atoms with Crippen molar-refractivity contribution in [1.29, 1.82) is 0 Å². The van der Waals surface area contributed by atoms with E-state index in [0.29, 0.717) is 42.2 Å². The molecule has 5 heterocycles. The second-order valence-corrected chi connectivity index (χ2v) is 9.11. The Kier molecular flexibility index (Phi) is 6.49. The summed E-state index contributed by atoms with van der Waals surface area (Å²) in [6, 6.07) is 3.70. The molecule has 14 heteroatoms. The van der Waals surface area contributed by atoms with Crippen molar-refractivity contribution in [2.45, 2.75) is 38.1 Å². The molecule has 0 aliphatic carbocycles. The van der Waals surface area contributed by atoms with Crippen LogP contribution in [-0.2, 0) is 11.2 Å². The highest BCUT2D eigenvalue weighted by Gasteiger charge is 2.42. The number of aliphatic hydroxyl groups excluding tert-OH is 1. The largest absolute Gasteiger partial charge is 0.422 e. The van der Waals surface area contributed by atoms with Gasteiger partial charge >= 0.3 is 12.6 Å². The van der Waals surface area contributed by atoms with Gasteiger partial charge in [-0.2, -0.15) is 8.78 Å². The SMILES string of the molecule is C[C@@H](CO)NC(=O)Nc1nc2c(s1)[C@@H]1COC[C@H](C2)N1c1ncc(-c2cccc(OC(F)F)n2)o1.